The van der Waals surface area contributed by atoms with Gasteiger partial charge in [0, 0.05) is 17.1 Å². The molecule has 0 aliphatic rings. The smallest absolute Gasteiger partial charge is 0.264 e. The van der Waals surface area contributed by atoms with Crippen LogP contribution >= 0.6 is 11.6 Å². The van der Waals surface area contributed by atoms with E-state index >= 15 is 0 Å². The fraction of sp³-hybridized carbons (Fsp3) is 0.310. The zero-order valence-corrected chi connectivity index (χ0v) is 24.0. The zero-order valence-electron chi connectivity index (χ0n) is 22.4. The number of sulfonamides is 1. The minimum absolute atomic E-state index is 0.0505. The van der Waals surface area contributed by atoms with Crippen molar-refractivity contribution in [3.05, 3.63) is 95.3 Å². The van der Waals surface area contributed by atoms with Crippen LogP contribution in [0.2, 0.25) is 5.02 Å². The Bertz CT molecular complexity index is 1410. The first kappa shape index (κ1) is 30.1. The number of halogens is 2. The van der Waals surface area contributed by atoms with Crippen molar-refractivity contribution in [2.45, 2.75) is 57.1 Å². The maximum absolute atomic E-state index is 15.0. The van der Waals surface area contributed by atoms with Gasteiger partial charge in [0.15, 0.2) is 0 Å². The highest BCUT2D eigenvalue weighted by molar-refractivity contribution is 7.92. The molecule has 0 saturated heterocycles. The Morgan fingerprint density at radius 2 is 1.54 bits per heavy atom. The molecule has 2 amide bonds. The Hall–Kier alpha value is -3.43. The van der Waals surface area contributed by atoms with Gasteiger partial charge in [-0.2, -0.15) is 0 Å². The number of amides is 2. The van der Waals surface area contributed by atoms with Crippen LogP contribution in [0.4, 0.5) is 10.1 Å². The molecule has 0 aromatic heterocycles. The second-order valence-corrected chi connectivity index (χ2v) is 12.3. The molecule has 208 valence electrons. The van der Waals surface area contributed by atoms with Crippen molar-refractivity contribution < 1.29 is 22.4 Å². The lowest BCUT2D eigenvalue weighted by molar-refractivity contribution is -0.141. The molecule has 0 unspecified atom stereocenters. The Morgan fingerprint density at radius 1 is 0.949 bits per heavy atom. The summed E-state index contributed by atoms with van der Waals surface area (Å²) in [6, 6.07) is 18.8. The monoisotopic (exact) mass is 573 g/mol. The molecule has 0 aliphatic heterocycles. The summed E-state index contributed by atoms with van der Waals surface area (Å²) < 4.78 is 43.1. The van der Waals surface area contributed by atoms with Gasteiger partial charge in [-0.25, -0.2) is 12.8 Å². The van der Waals surface area contributed by atoms with Crippen molar-refractivity contribution in [3.63, 3.8) is 0 Å². The standard InChI is InChI=1S/C29H33ClFN3O4S/c1-5-25(28(36)32-29(2,3)4)33(19-21-13-9-10-16-23(21)30)27(35)20-34(26-18-12-11-17-24(26)31)39(37,38)22-14-7-6-8-15-22/h6-18,25H,5,19-20H2,1-4H3,(H,32,36)/t25-/m1/s1. The predicted molar refractivity (Wildman–Crippen MR) is 151 cm³/mol. The second kappa shape index (κ2) is 12.6. The molecule has 10 heteroatoms. The number of hydrogen-bond donors (Lipinski definition) is 1. The van der Waals surface area contributed by atoms with E-state index in [1.54, 1.807) is 49.4 Å². The fourth-order valence-electron chi connectivity index (χ4n) is 4.07. The summed E-state index contributed by atoms with van der Waals surface area (Å²) in [5, 5.41) is 3.29. The quantitative estimate of drug-likeness (QED) is 0.352. The van der Waals surface area contributed by atoms with E-state index in [4.69, 9.17) is 11.6 Å². The van der Waals surface area contributed by atoms with Gasteiger partial charge in [0.25, 0.3) is 10.0 Å². The molecule has 0 spiro atoms. The van der Waals surface area contributed by atoms with Crippen LogP contribution < -0.4 is 9.62 Å². The number of anilines is 1. The van der Waals surface area contributed by atoms with Crippen molar-refractivity contribution in [2.24, 2.45) is 0 Å². The number of rotatable bonds is 10. The Morgan fingerprint density at radius 3 is 2.13 bits per heavy atom. The first-order chi connectivity index (χ1) is 18.3. The summed E-state index contributed by atoms with van der Waals surface area (Å²) in [5.41, 5.74) is -0.267. The van der Waals surface area contributed by atoms with Gasteiger partial charge < -0.3 is 10.2 Å². The first-order valence-electron chi connectivity index (χ1n) is 12.5. The summed E-state index contributed by atoms with van der Waals surface area (Å²) in [5.74, 6) is -1.89. The van der Waals surface area contributed by atoms with Crippen molar-refractivity contribution in [1.29, 1.82) is 0 Å². The van der Waals surface area contributed by atoms with Gasteiger partial charge in [-0.1, -0.05) is 67.1 Å². The highest BCUT2D eigenvalue weighted by atomic mass is 35.5. The number of benzene rings is 3. The van der Waals surface area contributed by atoms with E-state index in [1.807, 2.05) is 20.8 Å². The minimum Gasteiger partial charge on any atom is -0.350 e. The molecule has 0 radical (unpaired) electrons. The number of para-hydroxylation sites is 1. The zero-order chi connectivity index (χ0) is 28.8. The van der Waals surface area contributed by atoms with Gasteiger partial charge in [-0.3, -0.25) is 13.9 Å². The van der Waals surface area contributed by atoms with Crippen LogP contribution in [-0.4, -0.2) is 43.3 Å². The lowest BCUT2D eigenvalue weighted by Gasteiger charge is -2.35. The van der Waals surface area contributed by atoms with E-state index in [-0.39, 0.29) is 23.5 Å². The van der Waals surface area contributed by atoms with Crippen molar-refractivity contribution >= 4 is 39.1 Å². The number of nitrogens with one attached hydrogen (secondary N) is 1. The summed E-state index contributed by atoms with van der Waals surface area (Å²) in [6.07, 6.45) is 0.253. The number of hydrogen-bond acceptors (Lipinski definition) is 4. The summed E-state index contributed by atoms with van der Waals surface area (Å²) >= 11 is 6.39. The molecule has 0 saturated carbocycles. The maximum atomic E-state index is 15.0. The highest BCUT2D eigenvalue weighted by Gasteiger charge is 2.35. The third-order valence-electron chi connectivity index (χ3n) is 5.91. The van der Waals surface area contributed by atoms with E-state index in [1.165, 1.54) is 35.2 Å². The van der Waals surface area contributed by atoms with Gasteiger partial charge in [0.2, 0.25) is 11.8 Å². The summed E-state index contributed by atoms with van der Waals surface area (Å²) in [7, 11) is -4.35. The van der Waals surface area contributed by atoms with Gasteiger partial charge in [-0.05, 0) is 63.1 Å². The fourth-order valence-corrected chi connectivity index (χ4v) is 5.71. The molecule has 39 heavy (non-hydrogen) atoms. The molecule has 1 atom stereocenters. The van der Waals surface area contributed by atoms with Crippen LogP contribution in [-0.2, 0) is 26.2 Å². The molecule has 3 rings (SSSR count). The number of carbonyl (C=O) groups is 2. The summed E-state index contributed by atoms with van der Waals surface area (Å²) in [6.45, 7) is 6.45. The largest absolute Gasteiger partial charge is 0.350 e. The maximum Gasteiger partial charge on any atom is 0.264 e. The molecular formula is C29H33ClFN3O4S. The molecule has 0 bridgehead atoms. The normalized spacial score (nSPS) is 12.5. The van der Waals surface area contributed by atoms with Crippen LogP contribution in [0.25, 0.3) is 0 Å². The van der Waals surface area contributed by atoms with Gasteiger partial charge >= 0.3 is 0 Å². The molecule has 3 aromatic carbocycles. The van der Waals surface area contributed by atoms with E-state index in [0.717, 1.165) is 10.4 Å². The Kier molecular flexibility index (Phi) is 9.74. The Balaban J connectivity index is 2.09. The molecule has 3 aromatic rings. The average molecular weight is 574 g/mol. The highest BCUT2D eigenvalue weighted by Crippen LogP contribution is 2.27. The lowest BCUT2D eigenvalue weighted by atomic mass is 10.1. The van der Waals surface area contributed by atoms with Crippen LogP contribution in [0, 0.1) is 5.82 Å². The van der Waals surface area contributed by atoms with Crippen LogP contribution in [0.5, 0.6) is 0 Å². The average Bonchev–Trinajstić information content (AvgIpc) is 2.88. The number of nitrogens with zero attached hydrogens (tertiary/aromatic N) is 2. The van der Waals surface area contributed by atoms with Crippen molar-refractivity contribution in [3.8, 4) is 0 Å². The predicted octanol–water partition coefficient (Wildman–Crippen LogP) is 5.40. The van der Waals surface area contributed by atoms with Gasteiger partial charge in [-0.15, -0.1) is 0 Å². The molecule has 1 N–H and O–H groups in total. The molecule has 0 heterocycles. The topological polar surface area (TPSA) is 86.8 Å². The third kappa shape index (κ3) is 7.58. The van der Waals surface area contributed by atoms with E-state index < -0.39 is 45.8 Å². The molecule has 7 nitrogen and oxygen atoms in total. The molecule has 0 fully saturated rings. The Labute approximate surface area is 234 Å². The first-order valence-corrected chi connectivity index (χ1v) is 14.3. The summed E-state index contributed by atoms with van der Waals surface area (Å²) in [4.78, 5) is 28.5. The van der Waals surface area contributed by atoms with Crippen molar-refractivity contribution in [1.82, 2.24) is 10.2 Å². The molecular weight excluding hydrogens is 541 g/mol. The lowest BCUT2D eigenvalue weighted by Crippen LogP contribution is -2.55. The SMILES string of the molecule is CC[C@H](C(=O)NC(C)(C)C)N(Cc1ccccc1Cl)C(=O)CN(c1ccccc1F)S(=O)(=O)c1ccccc1. The van der Waals surface area contributed by atoms with E-state index in [9.17, 15) is 22.4 Å². The van der Waals surface area contributed by atoms with Crippen LogP contribution in [0.1, 0.15) is 39.7 Å². The van der Waals surface area contributed by atoms with Crippen LogP contribution in [0.3, 0.4) is 0 Å². The molecule has 0 aliphatic carbocycles. The van der Waals surface area contributed by atoms with E-state index in [2.05, 4.69) is 5.32 Å². The van der Waals surface area contributed by atoms with E-state index in [0.29, 0.717) is 10.6 Å². The minimum atomic E-state index is -4.35. The van der Waals surface area contributed by atoms with Gasteiger partial charge in [0.05, 0.1) is 10.6 Å². The second-order valence-electron chi connectivity index (χ2n) is 10.1. The van der Waals surface area contributed by atoms with Gasteiger partial charge in [0.1, 0.15) is 18.4 Å². The number of carbonyl (C=O) groups excluding carboxylic acids is 2. The third-order valence-corrected chi connectivity index (χ3v) is 8.06. The van der Waals surface area contributed by atoms with Crippen molar-refractivity contribution in [2.75, 3.05) is 10.8 Å². The van der Waals surface area contributed by atoms with Crippen LogP contribution in [0.15, 0.2) is 83.8 Å².